The summed E-state index contributed by atoms with van der Waals surface area (Å²) >= 11 is 0. The lowest BCUT2D eigenvalue weighted by atomic mass is 9.90. The average Bonchev–Trinajstić information content (AvgIpc) is 2.76. The number of amides is 1. The number of benzene rings is 1. The molecule has 3 heterocycles. The van der Waals surface area contributed by atoms with Crippen LogP contribution in [-0.2, 0) is 11.2 Å². The molecule has 160 valence electrons. The van der Waals surface area contributed by atoms with Crippen molar-refractivity contribution in [2.75, 3.05) is 50.7 Å². The Bertz CT molecular complexity index is 851. The number of aromatic nitrogens is 1. The first-order valence-corrected chi connectivity index (χ1v) is 11.0. The highest BCUT2D eigenvalue weighted by molar-refractivity contribution is 5.86. The Morgan fingerprint density at radius 3 is 2.50 bits per heavy atom. The van der Waals surface area contributed by atoms with Gasteiger partial charge in [-0.3, -0.25) is 9.69 Å². The van der Waals surface area contributed by atoms with Crippen molar-refractivity contribution in [2.24, 2.45) is 0 Å². The van der Waals surface area contributed by atoms with Gasteiger partial charge in [-0.05, 0) is 43.9 Å². The minimum Gasteiger partial charge on any atom is -0.379 e. The summed E-state index contributed by atoms with van der Waals surface area (Å²) in [5.74, 6) is 0.904. The van der Waals surface area contributed by atoms with Crippen LogP contribution in [0.4, 0.5) is 5.82 Å². The van der Waals surface area contributed by atoms with Gasteiger partial charge in [0.15, 0.2) is 5.60 Å². The van der Waals surface area contributed by atoms with E-state index in [1.54, 1.807) is 0 Å². The first kappa shape index (κ1) is 20.8. The van der Waals surface area contributed by atoms with Gasteiger partial charge in [-0.1, -0.05) is 36.4 Å². The van der Waals surface area contributed by atoms with Gasteiger partial charge in [-0.2, -0.15) is 0 Å². The van der Waals surface area contributed by atoms with E-state index in [9.17, 15) is 9.90 Å². The number of rotatable bonds is 6. The highest BCUT2D eigenvalue weighted by atomic mass is 16.3. The molecule has 1 atom stereocenters. The van der Waals surface area contributed by atoms with Crippen molar-refractivity contribution in [3.05, 3.63) is 59.8 Å². The van der Waals surface area contributed by atoms with Crippen molar-refractivity contribution in [2.45, 2.75) is 31.8 Å². The summed E-state index contributed by atoms with van der Waals surface area (Å²) in [6.45, 7) is 7.20. The molecule has 2 saturated heterocycles. The van der Waals surface area contributed by atoms with E-state index in [0.29, 0.717) is 19.5 Å². The zero-order valence-electron chi connectivity index (χ0n) is 17.8. The predicted octanol–water partition coefficient (Wildman–Crippen LogP) is 2.11. The lowest BCUT2D eigenvalue weighted by molar-refractivity contribution is -0.159. The molecule has 0 aliphatic carbocycles. The Balaban J connectivity index is 1.31. The van der Waals surface area contributed by atoms with Crippen molar-refractivity contribution in [1.82, 2.24) is 14.8 Å². The summed E-state index contributed by atoms with van der Waals surface area (Å²) in [4.78, 5) is 24.1. The molecule has 1 aromatic carbocycles. The number of pyridine rings is 1. The van der Waals surface area contributed by atoms with Crippen molar-refractivity contribution in [1.29, 1.82) is 0 Å². The number of aryl methyl sites for hydroxylation is 1. The quantitative estimate of drug-likeness (QED) is 0.793. The lowest BCUT2D eigenvalue weighted by Crippen LogP contribution is -2.60. The molecular formula is C24H32N4O2. The van der Waals surface area contributed by atoms with E-state index >= 15 is 0 Å². The first-order chi connectivity index (χ1) is 14.5. The van der Waals surface area contributed by atoms with Gasteiger partial charge < -0.3 is 14.9 Å². The van der Waals surface area contributed by atoms with E-state index in [0.717, 1.165) is 57.1 Å². The number of hydrogen-bond acceptors (Lipinski definition) is 5. The third kappa shape index (κ3) is 4.82. The number of aliphatic hydroxyl groups is 1. The molecule has 2 aliphatic heterocycles. The molecule has 30 heavy (non-hydrogen) atoms. The van der Waals surface area contributed by atoms with Gasteiger partial charge in [0, 0.05) is 51.5 Å². The smallest absolute Gasteiger partial charge is 0.255 e. The normalized spacial score (nSPS) is 23.1. The molecule has 0 spiro atoms. The molecular weight excluding hydrogens is 376 g/mol. The maximum absolute atomic E-state index is 13.1. The predicted molar refractivity (Wildman–Crippen MR) is 119 cm³/mol. The molecule has 2 fully saturated rings. The van der Waals surface area contributed by atoms with E-state index in [4.69, 9.17) is 0 Å². The van der Waals surface area contributed by atoms with Crippen molar-refractivity contribution >= 4 is 11.7 Å². The number of piperazine rings is 1. The van der Waals surface area contributed by atoms with E-state index < -0.39 is 5.60 Å². The van der Waals surface area contributed by atoms with E-state index in [-0.39, 0.29) is 5.91 Å². The molecule has 6 nitrogen and oxygen atoms in total. The zero-order chi connectivity index (χ0) is 21.0. The Morgan fingerprint density at radius 2 is 1.77 bits per heavy atom. The summed E-state index contributed by atoms with van der Waals surface area (Å²) in [5.41, 5.74) is 0.978. The zero-order valence-corrected chi connectivity index (χ0v) is 17.8. The van der Waals surface area contributed by atoms with E-state index in [2.05, 4.69) is 26.9 Å². The van der Waals surface area contributed by atoms with Crippen molar-refractivity contribution < 1.29 is 9.90 Å². The molecule has 4 rings (SSSR count). The largest absolute Gasteiger partial charge is 0.379 e. The molecule has 0 saturated carbocycles. The summed E-state index contributed by atoms with van der Waals surface area (Å²) in [5, 5.41) is 11.2. The molecule has 1 aromatic heterocycles. The van der Waals surface area contributed by atoms with Crippen molar-refractivity contribution in [3.8, 4) is 0 Å². The topological polar surface area (TPSA) is 59.9 Å². The Kier molecular flexibility index (Phi) is 6.35. The molecule has 1 amide bonds. The molecule has 6 heteroatoms. The van der Waals surface area contributed by atoms with Crippen molar-refractivity contribution in [3.63, 3.8) is 0 Å². The number of likely N-dealkylation sites (tertiary alicyclic amines) is 1. The van der Waals surface area contributed by atoms with Gasteiger partial charge in [-0.15, -0.1) is 0 Å². The molecule has 0 radical (unpaired) electrons. The Labute approximate surface area is 179 Å². The van der Waals surface area contributed by atoms with Crippen LogP contribution < -0.4 is 4.90 Å². The van der Waals surface area contributed by atoms with Crippen LogP contribution in [0.2, 0.25) is 0 Å². The maximum atomic E-state index is 13.1. The standard InChI is InChI=1S/C24H32N4O2/c1-20-7-5-10-22(25-20)27-17-15-26(16-18-27)19-24(30)12-6-13-28(23(24)29)14-11-21-8-3-2-4-9-21/h2-5,7-10,30H,6,11-19H2,1H3. The Morgan fingerprint density at radius 1 is 1.00 bits per heavy atom. The van der Waals surface area contributed by atoms with E-state index in [1.165, 1.54) is 5.56 Å². The highest BCUT2D eigenvalue weighted by Crippen LogP contribution is 2.25. The van der Waals surface area contributed by atoms with Crippen LogP contribution in [0.15, 0.2) is 48.5 Å². The minimum atomic E-state index is -1.27. The minimum absolute atomic E-state index is 0.104. The molecule has 0 bridgehead atoms. The maximum Gasteiger partial charge on any atom is 0.255 e. The fourth-order valence-electron chi connectivity index (χ4n) is 4.54. The third-order valence-electron chi connectivity index (χ3n) is 6.27. The fourth-order valence-corrected chi connectivity index (χ4v) is 4.54. The number of hydrogen-bond donors (Lipinski definition) is 1. The second-order valence-corrected chi connectivity index (χ2v) is 8.56. The van der Waals surface area contributed by atoms with Gasteiger partial charge in [0.05, 0.1) is 0 Å². The molecule has 1 N–H and O–H groups in total. The number of piperidine rings is 1. The van der Waals surface area contributed by atoms with E-state index in [1.807, 2.05) is 48.2 Å². The average molecular weight is 409 g/mol. The van der Waals surface area contributed by atoms with Crippen LogP contribution in [0.3, 0.4) is 0 Å². The third-order valence-corrected chi connectivity index (χ3v) is 6.27. The number of carbonyl (C=O) groups excluding carboxylic acids is 1. The van der Waals surface area contributed by atoms with Crippen LogP contribution in [-0.4, -0.2) is 77.2 Å². The Hall–Kier alpha value is -2.44. The van der Waals surface area contributed by atoms with Gasteiger partial charge in [0.1, 0.15) is 5.82 Å². The van der Waals surface area contributed by atoms with Gasteiger partial charge in [-0.25, -0.2) is 4.98 Å². The van der Waals surface area contributed by atoms with Crippen LogP contribution in [0.25, 0.3) is 0 Å². The van der Waals surface area contributed by atoms with Crippen LogP contribution >= 0.6 is 0 Å². The van der Waals surface area contributed by atoms with Gasteiger partial charge in [0.2, 0.25) is 0 Å². The number of β-amino-alcohol motifs (C(OH)–C–C–N with tert-alkyl or cyclic N) is 1. The fraction of sp³-hybridized carbons (Fsp3) is 0.500. The SMILES string of the molecule is Cc1cccc(N2CCN(CC3(O)CCCN(CCc4ccccc4)C3=O)CC2)n1. The summed E-state index contributed by atoms with van der Waals surface area (Å²) < 4.78 is 0. The molecule has 2 aromatic rings. The number of carbonyl (C=O) groups is 1. The molecule has 1 unspecified atom stereocenters. The van der Waals surface area contributed by atoms with Crippen LogP contribution in [0.5, 0.6) is 0 Å². The summed E-state index contributed by atoms with van der Waals surface area (Å²) in [7, 11) is 0. The first-order valence-electron chi connectivity index (χ1n) is 11.0. The number of anilines is 1. The second-order valence-electron chi connectivity index (χ2n) is 8.56. The van der Waals surface area contributed by atoms with Gasteiger partial charge in [0.25, 0.3) is 5.91 Å². The van der Waals surface area contributed by atoms with Crippen LogP contribution in [0.1, 0.15) is 24.1 Å². The number of nitrogens with zero attached hydrogens (tertiary/aromatic N) is 4. The lowest BCUT2D eigenvalue weighted by Gasteiger charge is -2.43. The highest BCUT2D eigenvalue weighted by Gasteiger charge is 2.43. The van der Waals surface area contributed by atoms with Gasteiger partial charge >= 0.3 is 0 Å². The summed E-state index contributed by atoms with van der Waals surface area (Å²) in [6, 6.07) is 16.3. The summed E-state index contributed by atoms with van der Waals surface area (Å²) in [6.07, 6.45) is 2.22. The monoisotopic (exact) mass is 408 g/mol. The molecule has 2 aliphatic rings. The second kappa shape index (κ2) is 9.14. The van der Waals surface area contributed by atoms with Crippen LogP contribution in [0, 0.1) is 6.92 Å².